The van der Waals surface area contributed by atoms with Gasteiger partial charge in [0.15, 0.2) is 5.78 Å². The standard InChI is InChI=1S/C21H22FNO2/c1-21(2)12-13-23(17-8-10-18(25-3)11-9-17)14-19(21)20(24)15-4-6-16(22)7-5-15/h4-11,14H,12-13H2,1-3H3. The maximum atomic E-state index is 13.1. The van der Waals surface area contributed by atoms with Crippen LogP contribution in [-0.4, -0.2) is 19.4 Å². The SMILES string of the molecule is COc1ccc(N2C=C(C(=O)c3ccc(F)cc3)C(C)(C)CC2)cc1. The van der Waals surface area contributed by atoms with E-state index in [9.17, 15) is 9.18 Å². The highest BCUT2D eigenvalue weighted by molar-refractivity contribution is 6.09. The minimum atomic E-state index is -0.340. The number of nitrogens with zero attached hydrogens (tertiary/aromatic N) is 1. The lowest BCUT2D eigenvalue weighted by molar-refractivity contribution is 0.100. The Morgan fingerprint density at radius 1 is 1.08 bits per heavy atom. The first-order valence-corrected chi connectivity index (χ1v) is 8.34. The van der Waals surface area contributed by atoms with Gasteiger partial charge >= 0.3 is 0 Å². The highest BCUT2D eigenvalue weighted by Crippen LogP contribution is 2.38. The molecule has 0 spiro atoms. The fourth-order valence-corrected chi connectivity index (χ4v) is 3.03. The Morgan fingerprint density at radius 3 is 2.32 bits per heavy atom. The summed E-state index contributed by atoms with van der Waals surface area (Å²) in [5.74, 6) is 0.407. The van der Waals surface area contributed by atoms with E-state index >= 15 is 0 Å². The van der Waals surface area contributed by atoms with Gasteiger partial charge < -0.3 is 9.64 Å². The number of ether oxygens (including phenoxy) is 1. The van der Waals surface area contributed by atoms with Crippen molar-refractivity contribution in [1.82, 2.24) is 0 Å². The topological polar surface area (TPSA) is 29.5 Å². The van der Waals surface area contributed by atoms with E-state index < -0.39 is 0 Å². The van der Waals surface area contributed by atoms with E-state index in [-0.39, 0.29) is 17.0 Å². The lowest BCUT2D eigenvalue weighted by atomic mass is 9.76. The zero-order chi connectivity index (χ0) is 18.0. The van der Waals surface area contributed by atoms with E-state index in [2.05, 4.69) is 18.7 Å². The number of carbonyl (C=O) groups excluding carboxylic acids is 1. The Morgan fingerprint density at radius 2 is 1.72 bits per heavy atom. The summed E-state index contributed by atoms with van der Waals surface area (Å²) in [4.78, 5) is 15.1. The average Bonchev–Trinajstić information content (AvgIpc) is 2.62. The molecule has 1 aliphatic rings. The second-order valence-electron chi connectivity index (χ2n) is 6.90. The third-order valence-corrected chi connectivity index (χ3v) is 4.75. The second-order valence-corrected chi connectivity index (χ2v) is 6.90. The summed E-state index contributed by atoms with van der Waals surface area (Å²) in [6, 6.07) is 13.5. The van der Waals surface area contributed by atoms with Gasteiger partial charge in [-0.15, -0.1) is 0 Å². The second kappa shape index (κ2) is 6.71. The normalized spacial score (nSPS) is 16.3. The number of halogens is 1. The van der Waals surface area contributed by atoms with E-state index in [1.807, 2.05) is 30.5 Å². The van der Waals surface area contributed by atoms with Gasteiger partial charge in [-0.25, -0.2) is 4.39 Å². The lowest BCUT2D eigenvalue weighted by Gasteiger charge is -2.37. The molecule has 0 bridgehead atoms. The molecule has 2 aromatic carbocycles. The van der Waals surface area contributed by atoms with Gasteiger partial charge in [-0.3, -0.25) is 4.79 Å². The molecule has 130 valence electrons. The maximum Gasteiger partial charge on any atom is 0.191 e. The molecule has 0 N–H and O–H groups in total. The van der Waals surface area contributed by atoms with Crippen LogP contribution in [0.4, 0.5) is 10.1 Å². The first kappa shape index (κ1) is 17.2. The van der Waals surface area contributed by atoms with Crippen molar-refractivity contribution >= 4 is 11.5 Å². The monoisotopic (exact) mass is 339 g/mol. The van der Waals surface area contributed by atoms with E-state index in [1.165, 1.54) is 12.1 Å². The van der Waals surface area contributed by atoms with Crippen molar-refractivity contribution in [2.75, 3.05) is 18.6 Å². The van der Waals surface area contributed by atoms with Crippen molar-refractivity contribution in [2.24, 2.45) is 5.41 Å². The third-order valence-electron chi connectivity index (χ3n) is 4.75. The van der Waals surface area contributed by atoms with Crippen molar-refractivity contribution in [3.05, 3.63) is 71.7 Å². The molecule has 0 atom stereocenters. The summed E-state index contributed by atoms with van der Waals surface area (Å²) in [6.07, 6.45) is 2.79. The Hall–Kier alpha value is -2.62. The van der Waals surface area contributed by atoms with Crippen LogP contribution in [0.25, 0.3) is 0 Å². The van der Waals surface area contributed by atoms with E-state index in [0.29, 0.717) is 5.56 Å². The third kappa shape index (κ3) is 3.58. The van der Waals surface area contributed by atoms with Gasteiger partial charge in [0.25, 0.3) is 0 Å². The molecule has 0 unspecified atom stereocenters. The summed E-state index contributed by atoms with van der Waals surface area (Å²) in [7, 11) is 1.64. The molecule has 0 aliphatic carbocycles. The summed E-state index contributed by atoms with van der Waals surface area (Å²) in [5, 5.41) is 0. The predicted molar refractivity (Wildman–Crippen MR) is 97.6 cm³/mol. The lowest BCUT2D eigenvalue weighted by Crippen LogP contribution is -2.35. The van der Waals surface area contributed by atoms with E-state index in [4.69, 9.17) is 4.74 Å². The first-order chi connectivity index (χ1) is 11.9. The zero-order valence-electron chi connectivity index (χ0n) is 14.8. The van der Waals surface area contributed by atoms with Gasteiger partial charge in [0.1, 0.15) is 11.6 Å². The molecule has 0 radical (unpaired) electrons. The molecule has 1 aliphatic heterocycles. The molecule has 1 heterocycles. The van der Waals surface area contributed by atoms with Crippen molar-refractivity contribution in [2.45, 2.75) is 20.3 Å². The van der Waals surface area contributed by atoms with Crippen LogP contribution in [0.1, 0.15) is 30.6 Å². The average molecular weight is 339 g/mol. The fraction of sp³-hybridized carbons (Fsp3) is 0.286. The van der Waals surface area contributed by atoms with Gasteiger partial charge in [0.05, 0.1) is 7.11 Å². The van der Waals surface area contributed by atoms with Gasteiger partial charge in [0.2, 0.25) is 0 Å². The number of anilines is 1. The minimum Gasteiger partial charge on any atom is -0.497 e. The van der Waals surface area contributed by atoms with Crippen molar-refractivity contribution in [3.8, 4) is 5.75 Å². The molecule has 0 amide bonds. The first-order valence-electron chi connectivity index (χ1n) is 8.34. The zero-order valence-corrected chi connectivity index (χ0v) is 14.8. The number of Topliss-reactive ketones (excluding diaryl/α,β-unsaturated/α-hetero) is 1. The molecule has 0 saturated carbocycles. The van der Waals surface area contributed by atoms with Crippen LogP contribution in [0.3, 0.4) is 0 Å². The number of allylic oxidation sites excluding steroid dienone is 1. The Kier molecular flexibility index (Phi) is 4.62. The summed E-state index contributed by atoms with van der Waals surface area (Å²) < 4.78 is 18.3. The molecule has 25 heavy (non-hydrogen) atoms. The summed E-state index contributed by atoms with van der Waals surface area (Å²) >= 11 is 0. The number of ketones is 1. The Bertz CT molecular complexity index is 792. The highest BCUT2D eigenvalue weighted by Gasteiger charge is 2.33. The molecular formula is C21H22FNO2. The molecular weight excluding hydrogens is 317 g/mol. The molecule has 3 rings (SSSR count). The largest absolute Gasteiger partial charge is 0.497 e. The highest BCUT2D eigenvalue weighted by atomic mass is 19.1. The van der Waals surface area contributed by atoms with Gasteiger partial charge in [0, 0.05) is 29.6 Å². The molecule has 0 fully saturated rings. The van der Waals surface area contributed by atoms with E-state index in [0.717, 1.165) is 30.0 Å². The molecule has 0 aromatic heterocycles. The van der Waals surface area contributed by atoms with E-state index in [1.54, 1.807) is 19.2 Å². The summed E-state index contributed by atoms with van der Waals surface area (Å²) in [5.41, 5.74) is 2.04. The van der Waals surface area contributed by atoms with Crippen LogP contribution in [0.15, 0.2) is 60.3 Å². The number of hydrogen-bond acceptors (Lipinski definition) is 3. The smallest absolute Gasteiger partial charge is 0.191 e. The summed E-state index contributed by atoms with van der Waals surface area (Å²) in [6.45, 7) is 4.98. The van der Waals surface area contributed by atoms with Crippen molar-refractivity contribution < 1.29 is 13.9 Å². The molecule has 3 nitrogen and oxygen atoms in total. The number of carbonyl (C=O) groups is 1. The van der Waals surface area contributed by atoms with Crippen LogP contribution < -0.4 is 9.64 Å². The Labute approximate surface area is 147 Å². The van der Waals surface area contributed by atoms with Crippen LogP contribution in [0.5, 0.6) is 5.75 Å². The fourth-order valence-electron chi connectivity index (χ4n) is 3.03. The van der Waals surface area contributed by atoms with Gasteiger partial charge in [-0.1, -0.05) is 13.8 Å². The predicted octanol–water partition coefficient (Wildman–Crippen LogP) is 4.84. The van der Waals surface area contributed by atoms with Gasteiger partial charge in [-0.05, 0) is 60.4 Å². The molecule has 2 aromatic rings. The number of rotatable bonds is 4. The van der Waals surface area contributed by atoms with Crippen LogP contribution in [0.2, 0.25) is 0 Å². The van der Waals surface area contributed by atoms with Crippen LogP contribution in [-0.2, 0) is 0 Å². The van der Waals surface area contributed by atoms with Crippen molar-refractivity contribution in [1.29, 1.82) is 0 Å². The molecule has 0 saturated heterocycles. The molecule has 4 heteroatoms. The maximum absolute atomic E-state index is 13.1. The minimum absolute atomic E-state index is 0.0526. The number of benzene rings is 2. The van der Waals surface area contributed by atoms with Crippen LogP contribution in [0, 0.1) is 11.2 Å². The van der Waals surface area contributed by atoms with Gasteiger partial charge in [-0.2, -0.15) is 0 Å². The van der Waals surface area contributed by atoms with Crippen molar-refractivity contribution in [3.63, 3.8) is 0 Å². The Balaban J connectivity index is 1.94. The number of methoxy groups -OCH3 is 1. The van der Waals surface area contributed by atoms with Crippen LogP contribution >= 0.6 is 0 Å². The quantitative estimate of drug-likeness (QED) is 0.747. The number of hydrogen-bond donors (Lipinski definition) is 0.